The summed E-state index contributed by atoms with van der Waals surface area (Å²) in [5.74, 6) is -2.32. The molecule has 4 atom stereocenters. The fraction of sp³-hybridized carbons (Fsp3) is 0.333. The maximum atomic E-state index is 13.2. The standard InChI is InChI=1S/C21H20O7S/c1-27-20(23)16-8-12-13(9-17(16)21(24)28-2)15-10-14(12)18(22)19(15)29(25,26)11-6-4-3-5-7-11/h3-9,14-15,18-19,22H,10H2,1-2H3/t14-,15+,18-,19+/m0/s1. The Morgan fingerprint density at radius 2 is 1.45 bits per heavy atom. The Kier molecular flexibility index (Phi) is 4.71. The Morgan fingerprint density at radius 1 is 0.931 bits per heavy atom. The molecule has 4 rings (SSSR count). The summed E-state index contributed by atoms with van der Waals surface area (Å²) >= 11 is 0. The first-order valence-corrected chi connectivity index (χ1v) is 10.7. The van der Waals surface area contributed by atoms with Crippen LogP contribution in [0.5, 0.6) is 0 Å². The lowest BCUT2D eigenvalue weighted by atomic mass is 9.86. The van der Waals surface area contributed by atoms with Gasteiger partial charge in [0.1, 0.15) is 0 Å². The van der Waals surface area contributed by atoms with Gasteiger partial charge in [0.2, 0.25) is 0 Å². The Hall–Kier alpha value is -2.71. The number of sulfone groups is 1. The van der Waals surface area contributed by atoms with Gasteiger partial charge in [-0.2, -0.15) is 0 Å². The van der Waals surface area contributed by atoms with Gasteiger partial charge >= 0.3 is 11.9 Å². The number of aliphatic hydroxyl groups is 1. The van der Waals surface area contributed by atoms with Gasteiger partial charge in [0, 0.05) is 11.8 Å². The zero-order valence-corrected chi connectivity index (χ0v) is 16.7. The molecule has 0 saturated heterocycles. The van der Waals surface area contributed by atoms with E-state index in [1.807, 2.05) is 0 Å². The van der Waals surface area contributed by atoms with E-state index in [0.29, 0.717) is 17.5 Å². The van der Waals surface area contributed by atoms with Crippen LogP contribution in [0.3, 0.4) is 0 Å². The van der Waals surface area contributed by atoms with Crippen molar-refractivity contribution in [3.05, 3.63) is 64.7 Å². The Bertz CT molecular complexity index is 1090. The van der Waals surface area contributed by atoms with E-state index >= 15 is 0 Å². The van der Waals surface area contributed by atoms with Gasteiger partial charge in [0.25, 0.3) is 0 Å². The Labute approximate surface area is 168 Å². The molecule has 2 aliphatic rings. The van der Waals surface area contributed by atoms with Crippen LogP contribution in [-0.2, 0) is 19.3 Å². The first-order chi connectivity index (χ1) is 13.8. The average Bonchev–Trinajstić information content (AvgIpc) is 3.27. The van der Waals surface area contributed by atoms with Gasteiger partial charge in [-0.15, -0.1) is 0 Å². The summed E-state index contributed by atoms with van der Waals surface area (Å²) in [5.41, 5.74) is 1.39. The fourth-order valence-electron chi connectivity index (χ4n) is 4.63. The molecule has 2 aromatic carbocycles. The molecule has 1 fully saturated rings. The second-order valence-corrected chi connectivity index (χ2v) is 9.38. The van der Waals surface area contributed by atoms with E-state index in [1.165, 1.54) is 38.5 Å². The molecular weight excluding hydrogens is 396 g/mol. The first kappa shape index (κ1) is 19.6. The first-order valence-electron chi connectivity index (χ1n) is 9.12. The largest absolute Gasteiger partial charge is 0.465 e. The average molecular weight is 416 g/mol. The quantitative estimate of drug-likeness (QED) is 0.760. The van der Waals surface area contributed by atoms with Crippen LogP contribution in [0.2, 0.25) is 0 Å². The maximum Gasteiger partial charge on any atom is 0.338 e. The lowest BCUT2D eigenvalue weighted by Gasteiger charge is -2.29. The van der Waals surface area contributed by atoms with Gasteiger partial charge < -0.3 is 14.6 Å². The smallest absolute Gasteiger partial charge is 0.338 e. The molecule has 0 radical (unpaired) electrons. The Morgan fingerprint density at radius 3 is 1.97 bits per heavy atom. The summed E-state index contributed by atoms with van der Waals surface area (Å²) in [5, 5.41) is 9.83. The lowest BCUT2D eigenvalue weighted by Crippen LogP contribution is -2.38. The summed E-state index contributed by atoms with van der Waals surface area (Å²) in [7, 11) is -1.38. The molecule has 8 heteroatoms. The van der Waals surface area contributed by atoms with Crippen molar-refractivity contribution in [1.29, 1.82) is 0 Å². The molecule has 2 bridgehead atoms. The van der Waals surface area contributed by atoms with E-state index in [2.05, 4.69) is 0 Å². The number of hydrogen-bond acceptors (Lipinski definition) is 7. The number of carbonyl (C=O) groups excluding carboxylic acids is 2. The van der Waals surface area contributed by atoms with Crippen molar-refractivity contribution in [2.24, 2.45) is 0 Å². The monoisotopic (exact) mass is 416 g/mol. The molecule has 0 amide bonds. The van der Waals surface area contributed by atoms with E-state index in [0.717, 1.165) is 0 Å². The maximum absolute atomic E-state index is 13.2. The molecule has 1 N–H and O–H groups in total. The van der Waals surface area contributed by atoms with E-state index in [-0.39, 0.29) is 16.0 Å². The Balaban J connectivity index is 1.84. The minimum atomic E-state index is -3.79. The van der Waals surface area contributed by atoms with Crippen LogP contribution < -0.4 is 0 Å². The van der Waals surface area contributed by atoms with E-state index in [4.69, 9.17) is 9.47 Å². The fourth-order valence-corrected chi connectivity index (χ4v) is 6.73. The van der Waals surface area contributed by atoms with Crippen LogP contribution >= 0.6 is 0 Å². The number of methoxy groups -OCH3 is 2. The molecule has 2 aliphatic carbocycles. The number of hydrogen-bond donors (Lipinski definition) is 1. The van der Waals surface area contributed by atoms with E-state index in [9.17, 15) is 23.1 Å². The number of fused-ring (bicyclic) bond motifs is 5. The summed E-state index contributed by atoms with van der Waals surface area (Å²) in [6.07, 6.45) is -0.675. The van der Waals surface area contributed by atoms with Gasteiger partial charge in [-0.25, -0.2) is 18.0 Å². The third kappa shape index (κ3) is 2.86. The number of carbonyl (C=O) groups is 2. The molecule has 7 nitrogen and oxygen atoms in total. The zero-order chi connectivity index (χ0) is 20.9. The van der Waals surface area contributed by atoms with Crippen LogP contribution in [-0.4, -0.2) is 51.0 Å². The third-order valence-electron chi connectivity index (χ3n) is 5.92. The van der Waals surface area contributed by atoms with Gasteiger partial charge in [0.05, 0.1) is 41.6 Å². The molecule has 152 valence electrons. The second-order valence-electron chi connectivity index (χ2n) is 7.27. The summed E-state index contributed by atoms with van der Waals surface area (Å²) in [4.78, 5) is 24.5. The number of esters is 2. The summed E-state index contributed by atoms with van der Waals surface area (Å²) < 4.78 is 36.0. The molecule has 29 heavy (non-hydrogen) atoms. The highest BCUT2D eigenvalue weighted by atomic mass is 32.2. The van der Waals surface area contributed by atoms with Gasteiger partial charge in [0.15, 0.2) is 9.84 Å². The molecule has 1 saturated carbocycles. The molecule has 0 heterocycles. The molecule has 0 aliphatic heterocycles. The molecule has 0 spiro atoms. The summed E-state index contributed by atoms with van der Waals surface area (Å²) in [6.45, 7) is 0. The van der Waals surface area contributed by atoms with Crippen molar-refractivity contribution < 1.29 is 32.6 Å². The van der Waals surface area contributed by atoms with Crippen molar-refractivity contribution in [3.63, 3.8) is 0 Å². The predicted molar refractivity (Wildman–Crippen MR) is 103 cm³/mol. The van der Waals surface area contributed by atoms with Crippen LogP contribution in [0.1, 0.15) is 50.1 Å². The van der Waals surface area contributed by atoms with Crippen molar-refractivity contribution in [1.82, 2.24) is 0 Å². The predicted octanol–water partition coefficient (Wildman–Crippen LogP) is 2.05. The topological polar surface area (TPSA) is 107 Å². The molecule has 0 unspecified atom stereocenters. The highest BCUT2D eigenvalue weighted by molar-refractivity contribution is 7.92. The second kappa shape index (κ2) is 6.96. The van der Waals surface area contributed by atoms with Gasteiger partial charge in [-0.3, -0.25) is 0 Å². The number of aliphatic hydroxyl groups excluding tert-OH is 1. The minimum Gasteiger partial charge on any atom is -0.465 e. The van der Waals surface area contributed by atoms with Crippen molar-refractivity contribution in [2.75, 3.05) is 14.2 Å². The highest BCUT2D eigenvalue weighted by Crippen LogP contribution is 2.56. The van der Waals surface area contributed by atoms with Crippen LogP contribution in [0.15, 0.2) is 47.4 Å². The highest BCUT2D eigenvalue weighted by Gasteiger charge is 2.56. The van der Waals surface area contributed by atoms with E-state index < -0.39 is 45.0 Å². The SMILES string of the molecule is COC(=O)c1cc2c(cc1C(=O)OC)[C@@H]1C[C@H]2[C@@H](S(=O)(=O)c2ccccc2)[C@H]1O. The van der Waals surface area contributed by atoms with Gasteiger partial charge in [-0.1, -0.05) is 18.2 Å². The number of benzene rings is 2. The van der Waals surface area contributed by atoms with Crippen LogP contribution in [0.25, 0.3) is 0 Å². The normalized spacial score (nSPS) is 24.8. The third-order valence-corrected chi connectivity index (χ3v) is 8.17. The molecular formula is C21H20O7S. The van der Waals surface area contributed by atoms with Crippen LogP contribution in [0.4, 0.5) is 0 Å². The van der Waals surface area contributed by atoms with Crippen molar-refractivity contribution in [3.8, 4) is 0 Å². The van der Waals surface area contributed by atoms with Crippen molar-refractivity contribution >= 4 is 21.8 Å². The van der Waals surface area contributed by atoms with E-state index in [1.54, 1.807) is 18.2 Å². The number of ether oxygens (including phenoxy) is 2. The molecule has 0 aromatic heterocycles. The number of rotatable bonds is 4. The van der Waals surface area contributed by atoms with Crippen LogP contribution in [0, 0.1) is 0 Å². The van der Waals surface area contributed by atoms with Crippen molar-refractivity contribution in [2.45, 2.75) is 34.5 Å². The minimum absolute atomic E-state index is 0.0241. The van der Waals surface area contributed by atoms with Gasteiger partial charge in [-0.05, 0) is 41.8 Å². The lowest BCUT2D eigenvalue weighted by molar-refractivity contribution is 0.0555. The zero-order valence-electron chi connectivity index (χ0n) is 15.9. The molecule has 2 aromatic rings. The summed E-state index contributed by atoms with van der Waals surface area (Å²) in [6, 6.07) is 11.0.